The van der Waals surface area contributed by atoms with Gasteiger partial charge in [0.2, 0.25) is 0 Å². The highest BCUT2D eigenvalue weighted by atomic mass is 19.4. The number of benzene rings is 2. The first-order chi connectivity index (χ1) is 26.3. The molecule has 286 valence electrons. The highest BCUT2D eigenvalue weighted by Crippen LogP contribution is 2.49. The predicted octanol–water partition coefficient (Wildman–Crippen LogP) is 7.08. The molecule has 4 heterocycles. The summed E-state index contributed by atoms with van der Waals surface area (Å²) in [5.41, 5.74) is 0.208. The Morgan fingerprint density at radius 2 is 1.85 bits per heavy atom. The van der Waals surface area contributed by atoms with Crippen molar-refractivity contribution in [2.45, 2.75) is 50.7 Å². The number of furan rings is 1. The Hall–Kier alpha value is -6.19. The fourth-order valence-electron chi connectivity index (χ4n) is 7.45. The largest absolute Gasteiger partial charge is 0.497 e. The number of anilines is 1. The van der Waals surface area contributed by atoms with Crippen LogP contribution in [0.4, 0.5) is 23.7 Å². The second-order valence-electron chi connectivity index (χ2n) is 14.1. The molecule has 1 aliphatic heterocycles. The molecule has 55 heavy (non-hydrogen) atoms. The molecule has 3 aliphatic rings. The molecule has 2 aliphatic carbocycles. The minimum atomic E-state index is -5.00. The highest BCUT2D eigenvalue weighted by Gasteiger charge is 2.43. The van der Waals surface area contributed by atoms with E-state index in [2.05, 4.69) is 20.6 Å². The lowest BCUT2D eigenvalue weighted by Crippen LogP contribution is -2.35. The molecule has 0 spiro atoms. The van der Waals surface area contributed by atoms with Crippen molar-refractivity contribution in [1.82, 2.24) is 20.6 Å². The van der Waals surface area contributed by atoms with Crippen molar-refractivity contribution in [3.05, 3.63) is 82.0 Å². The van der Waals surface area contributed by atoms with E-state index in [0.29, 0.717) is 41.5 Å². The number of methoxy groups -OCH3 is 2. The zero-order valence-corrected chi connectivity index (χ0v) is 29.9. The maximum atomic E-state index is 14.4. The Kier molecular flexibility index (Phi) is 8.85. The summed E-state index contributed by atoms with van der Waals surface area (Å²) in [6, 6.07) is 9.48. The SMILES string of the molecule is COC(=O)c1c(C(F)(F)F)[nH]c2c(OC(=O)NCCC3CC3)cc3c(c12)C(C)CN3C(=O)c1cc2c([nH]1)C=CC(NC(=O)c1cc3ccc(OC)cc3o1)C2. The number of fused-ring (bicyclic) bond motifs is 5. The van der Waals surface area contributed by atoms with E-state index in [1.807, 2.05) is 0 Å². The van der Waals surface area contributed by atoms with Gasteiger partial charge in [0.25, 0.3) is 11.8 Å². The van der Waals surface area contributed by atoms with Crippen LogP contribution in [0.3, 0.4) is 0 Å². The van der Waals surface area contributed by atoms with Gasteiger partial charge in [0.15, 0.2) is 11.5 Å². The zero-order chi connectivity index (χ0) is 38.8. The van der Waals surface area contributed by atoms with Crippen LogP contribution in [0.1, 0.15) is 86.0 Å². The molecule has 0 radical (unpaired) electrons. The zero-order valence-electron chi connectivity index (χ0n) is 29.9. The molecule has 16 heteroatoms. The number of H-pyrrole nitrogens is 2. The second kappa shape index (κ2) is 13.6. The van der Waals surface area contributed by atoms with E-state index in [-0.39, 0.29) is 40.3 Å². The maximum absolute atomic E-state index is 14.4. The fourth-order valence-corrected chi connectivity index (χ4v) is 7.45. The van der Waals surface area contributed by atoms with Crippen LogP contribution in [-0.2, 0) is 17.3 Å². The molecule has 3 aromatic heterocycles. The van der Waals surface area contributed by atoms with Crippen LogP contribution in [0.5, 0.6) is 11.5 Å². The number of aromatic amines is 2. The Morgan fingerprint density at radius 3 is 2.58 bits per heavy atom. The topological polar surface area (TPSA) is 168 Å². The maximum Gasteiger partial charge on any atom is 0.432 e. The third-order valence-electron chi connectivity index (χ3n) is 10.3. The number of alkyl halides is 3. The molecule has 0 bridgehead atoms. The van der Waals surface area contributed by atoms with Crippen molar-refractivity contribution in [1.29, 1.82) is 0 Å². The molecule has 8 rings (SSSR count). The Labute approximate surface area is 311 Å². The van der Waals surface area contributed by atoms with Crippen LogP contribution in [-0.4, -0.2) is 67.2 Å². The predicted molar refractivity (Wildman–Crippen MR) is 194 cm³/mol. The third-order valence-corrected chi connectivity index (χ3v) is 10.3. The van der Waals surface area contributed by atoms with Gasteiger partial charge in [0, 0.05) is 47.6 Å². The number of rotatable bonds is 9. The summed E-state index contributed by atoms with van der Waals surface area (Å²) in [5.74, 6) is -1.76. The molecule has 0 saturated heterocycles. The van der Waals surface area contributed by atoms with Gasteiger partial charge in [0.1, 0.15) is 22.7 Å². The van der Waals surface area contributed by atoms with E-state index in [9.17, 15) is 32.3 Å². The molecule has 2 aromatic carbocycles. The normalized spacial score (nSPS) is 17.6. The number of esters is 1. The van der Waals surface area contributed by atoms with Gasteiger partial charge in [-0.25, -0.2) is 9.59 Å². The number of carbonyl (C=O) groups excluding carboxylic acids is 4. The van der Waals surface area contributed by atoms with Crippen molar-refractivity contribution in [3.63, 3.8) is 0 Å². The summed E-state index contributed by atoms with van der Waals surface area (Å²) in [5, 5.41) is 6.17. The number of aromatic nitrogens is 2. The van der Waals surface area contributed by atoms with Crippen LogP contribution in [0.25, 0.3) is 27.9 Å². The van der Waals surface area contributed by atoms with E-state index < -0.39 is 53.3 Å². The Morgan fingerprint density at radius 1 is 1.05 bits per heavy atom. The first kappa shape index (κ1) is 35.8. The fraction of sp³-hybridized carbons (Fsp3) is 0.333. The van der Waals surface area contributed by atoms with E-state index in [1.165, 1.54) is 18.1 Å². The molecule has 1 saturated carbocycles. The van der Waals surface area contributed by atoms with E-state index in [1.54, 1.807) is 49.4 Å². The van der Waals surface area contributed by atoms with Gasteiger partial charge in [-0.1, -0.05) is 25.8 Å². The van der Waals surface area contributed by atoms with Gasteiger partial charge >= 0.3 is 18.2 Å². The smallest absolute Gasteiger partial charge is 0.432 e. The van der Waals surface area contributed by atoms with E-state index in [0.717, 1.165) is 37.3 Å². The lowest BCUT2D eigenvalue weighted by atomic mass is 9.95. The number of nitrogens with zero attached hydrogens (tertiary/aromatic N) is 1. The first-order valence-corrected chi connectivity index (χ1v) is 17.8. The Balaban J connectivity index is 1.08. The molecule has 2 atom stereocenters. The molecular formula is C39H36F3N5O8. The summed E-state index contributed by atoms with van der Waals surface area (Å²) in [4.78, 5) is 60.1. The minimum Gasteiger partial charge on any atom is -0.497 e. The number of hydrogen-bond donors (Lipinski definition) is 4. The molecule has 4 N–H and O–H groups in total. The number of halogens is 3. The first-order valence-electron chi connectivity index (χ1n) is 17.8. The van der Waals surface area contributed by atoms with Crippen molar-refractivity contribution >= 4 is 57.5 Å². The molecular weight excluding hydrogens is 723 g/mol. The van der Waals surface area contributed by atoms with Crippen LogP contribution in [0, 0.1) is 5.92 Å². The second-order valence-corrected chi connectivity index (χ2v) is 14.1. The highest BCUT2D eigenvalue weighted by molar-refractivity contribution is 6.14. The number of amides is 3. The number of carbonyl (C=O) groups is 4. The minimum absolute atomic E-state index is 0.0506. The number of hydrogen-bond acceptors (Lipinski definition) is 8. The average molecular weight is 760 g/mol. The van der Waals surface area contributed by atoms with Crippen molar-refractivity contribution in [2.24, 2.45) is 5.92 Å². The summed E-state index contributed by atoms with van der Waals surface area (Å²) in [7, 11) is 2.51. The van der Waals surface area contributed by atoms with Gasteiger partial charge in [-0.2, -0.15) is 13.2 Å². The molecule has 5 aromatic rings. The summed E-state index contributed by atoms with van der Waals surface area (Å²) in [6.07, 6.45) is 0.886. The number of nitrogens with one attached hydrogen (secondary N) is 4. The van der Waals surface area contributed by atoms with Crippen LogP contribution in [0.2, 0.25) is 0 Å². The van der Waals surface area contributed by atoms with Gasteiger partial charge < -0.3 is 44.1 Å². The third kappa shape index (κ3) is 6.65. The molecule has 3 amide bonds. The van der Waals surface area contributed by atoms with E-state index >= 15 is 0 Å². The lowest BCUT2D eigenvalue weighted by Gasteiger charge is -2.18. The van der Waals surface area contributed by atoms with Crippen molar-refractivity contribution < 1.29 is 51.0 Å². The molecule has 13 nitrogen and oxygen atoms in total. The lowest BCUT2D eigenvalue weighted by molar-refractivity contribution is -0.141. The van der Waals surface area contributed by atoms with Crippen LogP contribution >= 0.6 is 0 Å². The Bertz CT molecular complexity index is 2420. The van der Waals surface area contributed by atoms with Gasteiger partial charge in [-0.05, 0) is 60.2 Å². The van der Waals surface area contributed by atoms with Gasteiger partial charge in [0.05, 0.1) is 37.0 Å². The van der Waals surface area contributed by atoms with Gasteiger partial charge in [-0.15, -0.1) is 0 Å². The summed E-state index contributed by atoms with van der Waals surface area (Å²) >= 11 is 0. The summed E-state index contributed by atoms with van der Waals surface area (Å²) in [6.45, 7) is 2.10. The standard InChI is InChI=1S/C39H36F3N5O8/c1-18-17-47(36(49)25-13-21-12-22(7-9-24(21)45-25)44-35(48)29-14-20-6-8-23(52-2)15-27(20)54-29)26-16-28(55-38(51)43-11-10-19-4-5-19)33-31(30(18)26)32(37(50)53-3)34(46-33)39(40,41)42/h6-9,13-16,18-19,22,45-46H,4-5,10-12,17H2,1-3H3,(H,43,51)(H,44,48). The van der Waals surface area contributed by atoms with Crippen LogP contribution < -0.4 is 25.0 Å². The monoisotopic (exact) mass is 759 g/mol. The van der Waals surface area contributed by atoms with Crippen molar-refractivity contribution in [2.75, 3.05) is 32.2 Å². The quantitative estimate of drug-likeness (QED) is 0.116. The van der Waals surface area contributed by atoms with Crippen molar-refractivity contribution in [3.8, 4) is 11.5 Å². The molecule has 1 fully saturated rings. The average Bonchev–Trinajstić information content (AvgIpc) is 3.45. The number of ether oxygens (including phenoxy) is 3. The van der Waals surface area contributed by atoms with Crippen LogP contribution in [0.15, 0.2) is 46.9 Å². The van der Waals surface area contributed by atoms with Gasteiger partial charge in [-0.3, -0.25) is 9.59 Å². The van der Waals surface area contributed by atoms with E-state index in [4.69, 9.17) is 18.6 Å². The molecule has 2 unspecified atom stereocenters. The summed E-state index contributed by atoms with van der Waals surface area (Å²) < 4.78 is 64.6.